The summed E-state index contributed by atoms with van der Waals surface area (Å²) in [6.07, 6.45) is 4.36. The van der Waals surface area contributed by atoms with E-state index in [9.17, 15) is 8.42 Å². The second-order valence-electron chi connectivity index (χ2n) is 4.40. The van der Waals surface area contributed by atoms with E-state index in [1.54, 1.807) is 0 Å². The highest BCUT2D eigenvalue weighted by Crippen LogP contribution is 2.19. The molecule has 0 aromatic rings. The minimum atomic E-state index is -3.02. The fraction of sp³-hybridized carbons (Fsp3) is 1.00. The number of nitrogens with one attached hydrogen (secondary N) is 2. The van der Waals surface area contributed by atoms with Crippen molar-refractivity contribution in [3.63, 3.8) is 0 Å². The van der Waals surface area contributed by atoms with E-state index < -0.39 is 10.0 Å². The van der Waals surface area contributed by atoms with Crippen LogP contribution in [0.5, 0.6) is 0 Å². The summed E-state index contributed by atoms with van der Waals surface area (Å²) in [6.45, 7) is 1.71. The quantitative estimate of drug-likeness (QED) is 0.702. The summed E-state index contributed by atoms with van der Waals surface area (Å²) in [4.78, 5) is 0. The maximum Gasteiger partial charge on any atom is 0.212 e. The Labute approximate surface area is 85.5 Å². The minimum absolute atomic E-state index is 0.216. The summed E-state index contributed by atoms with van der Waals surface area (Å²) in [6, 6.07) is 0.216. The van der Waals surface area contributed by atoms with Gasteiger partial charge in [0.15, 0.2) is 0 Å². The summed E-state index contributed by atoms with van der Waals surface area (Å²) in [7, 11) is -3.02. The molecule has 2 N–H and O–H groups in total. The van der Waals surface area contributed by atoms with Crippen molar-refractivity contribution >= 4 is 10.0 Å². The Kier molecular flexibility index (Phi) is 3.09. The molecular formula is C9H18N2O2S. The smallest absolute Gasteiger partial charge is 0.212 e. The van der Waals surface area contributed by atoms with Gasteiger partial charge in [-0.1, -0.05) is 12.8 Å². The van der Waals surface area contributed by atoms with Crippen LogP contribution in [-0.2, 0) is 10.0 Å². The highest BCUT2D eigenvalue weighted by atomic mass is 32.2. The van der Waals surface area contributed by atoms with Gasteiger partial charge in [0.25, 0.3) is 0 Å². The summed E-state index contributed by atoms with van der Waals surface area (Å²) in [5, 5.41) is 3.09. The molecule has 0 spiro atoms. The van der Waals surface area contributed by atoms with E-state index in [-0.39, 0.29) is 6.04 Å². The van der Waals surface area contributed by atoms with E-state index in [2.05, 4.69) is 10.0 Å². The number of hydrogen-bond donors (Lipinski definition) is 2. The van der Waals surface area contributed by atoms with Crippen LogP contribution < -0.4 is 10.0 Å². The molecule has 1 heterocycles. The normalized spacial score (nSPS) is 25.1. The van der Waals surface area contributed by atoms with Crippen LogP contribution in [0.4, 0.5) is 0 Å². The van der Waals surface area contributed by atoms with Gasteiger partial charge in [-0.15, -0.1) is 0 Å². The highest BCUT2D eigenvalue weighted by Gasteiger charge is 2.27. The third kappa shape index (κ3) is 2.68. The van der Waals surface area contributed by atoms with Crippen molar-refractivity contribution in [2.75, 3.05) is 18.8 Å². The van der Waals surface area contributed by atoms with Crippen LogP contribution >= 0.6 is 0 Å². The zero-order valence-corrected chi connectivity index (χ0v) is 9.15. The lowest BCUT2D eigenvalue weighted by atomic mass is 10.1. The molecule has 0 unspecified atom stereocenters. The SMILES string of the molecule is O=S(=O)(CC1CNC1)NC1CCCC1. The molecule has 1 saturated heterocycles. The molecule has 14 heavy (non-hydrogen) atoms. The predicted octanol–water partition coefficient (Wildman–Crippen LogP) is 0.0678. The Morgan fingerprint density at radius 2 is 1.86 bits per heavy atom. The first-order valence-corrected chi connectivity index (χ1v) is 7.02. The van der Waals surface area contributed by atoms with Gasteiger partial charge in [-0.2, -0.15) is 0 Å². The number of rotatable bonds is 4. The molecule has 0 bridgehead atoms. The van der Waals surface area contributed by atoms with Crippen molar-refractivity contribution < 1.29 is 8.42 Å². The van der Waals surface area contributed by atoms with Gasteiger partial charge in [0, 0.05) is 19.1 Å². The van der Waals surface area contributed by atoms with Crippen molar-refractivity contribution in [2.24, 2.45) is 5.92 Å². The molecule has 0 atom stereocenters. The second kappa shape index (κ2) is 4.16. The van der Waals surface area contributed by atoms with E-state index in [4.69, 9.17) is 0 Å². The van der Waals surface area contributed by atoms with E-state index in [0.29, 0.717) is 11.7 Å². The van der Waals surface area contributed by atoms with Gasteiger partial charge in [0.1, 0.15) is 0 Å². The number of sulfonamides is 1. The standard InChI is InChI=1S/C9H18N2O2S/c12-14(13,7-8-5-10-6-8)11-9-3-1-2-4-9/h8-11H,1-7H2. The lowest BCUT2D eigenvalue weighted by Crippen LogP contribution is -2.48. The van der Waals surface area contributed by atoms with E-state index in [1.807, 2.05) is 0 Å². The Morgan fingerprint density at radius 3 is 2.36 bits per heavy atom. The Morgan fingerprint density at radius 1 is 1.21 bits per heavy atom. The predicted molar refractivity (Wildman–Crippen MR) is 55.5 cm³/mol. The minimum Gasteiger partial charge on any atom is -0.316 e. The maximum absolute atomic E-state index is 11.7. The summed E-state index contributed by atoms with van der Waals surface area (Å²) in [5.41, 5.74) is 0. The molecule has 82 valence electrons. The van der Waals surface area contributed by atoms with Crippen molar-refractivity contribution in [1.29, 1.82) is 0 Å². The second-order valence-corrected chi connectivity index (χ2v) is 6.20. The molecule has 1 saturated carbocycles. The fourth-order valence-electron chi connectivity index (χ4n) is 2.12. The zero-order valence-electron chi connectivity index (χ0n) is 8.33. The van der Waals surface area contributed by atoms with Crippen molar-refractivity contribution in [3.05, 3.63) is 0 Å². The first kappa shape index (κ1) is 10.4. The monoisotopic (exact) mass is 218 g/mol. The average Bonchev–Trinajstić information content (AvgIpc) is 2.49. The topological polar surface area (TPSA) is 58.2 Å². The van der Waals surface area contributed by atoms with E-state index in [1.165, 1.54) is 0 Å². The molecule has 4 nitrogen and oxygen atoms in total. The van der Waals surface area contributed by atoms with Crippen LogP contribution in [0.15, 0.2) is 0 Å². The molecule has 5 heteroatoms. The van der Waals surface area contributed by atoms with Gasteiger partial charge < -0.3 is 5.32 Å². The maximum atomic E-state index is 11.7. The van der Waals surface area contributed by atoms with Crippen LogP contribution in [0, 0.1) is 5.92 Å². The van der Waals surface area contributed by atoms with E-state index >= 15 is 0 Å². The average molecular weight is 218 g/mol. The highest BCUT2D eigenvalue weighted by molar-refractivity contribution is 7.89. The van der Waals surface area contributed by atoms with Crippen molar-refractivity contribution in [3.8, 4) is 0 Å². The van der Waals surface area contributed by atoms with E-state index in [0.717, 1.165) is 38.8 Å². The zero-order chi connectivity index (χ0) is 10.0. The van der Waals surface area contributed by atoms with Gasteiger partial charge in [0.2, 0.25) is 10.0 Å². The lowest BCUT2D eigenvalue weighted by molar-refractivity contribution is 0.376. The van der Waals surface area contributed by atoms with Gasteiger partial charge >= 0.3 is 0 Å². The van der Waals surface area contributed by atoms with Gasteiger partial charge in [-0.25, -0.2) is 13.1 Å². The first-order valence-electron chi connectivity index (χ1n) is 5.36. The Hall–Kier alpha value is -0.130. The fourth-order valence-corrected chi connectivity index (χ4v) is 3.82. The number of hydrogen-bond acceptors (Lipinski definition) is 3. The van der Waals surface area contributed by atoms with Gasteiger partial charge in [0.05, 0.1) is 5.75 Å². The van der Waals surface area contributed by atoms with Crippen LogP contribution in [0.3, 0.4) is 0 Å². The molecule has 2 rings (SSSR count). The third-order valence-corrected chi connectivity index (χ3v) is 4.63. The van der Waals surface area contributed by atoms with Crippen LogP contribution in [0.2, 0.25) is 0 Å². The molecule has 1 aliphatic carbocycles. The summed E-state index contributed by atoms with van der Waals surface area (Å²) in [5.74, 6) is 0.630. The van der Waals surface area contributed by atoms with Gasteiger partial charge in [-0.05, 0) is 18.8 Å². The van der Waals surface area contributed by atoms with Gasteiger partial charge in [-0.3, -0.25) is 0 Å². The van der Waals surface area contributed by atoms with Crippen molar-refractivity contribution in [2.45, 2.75) is 31.7 Å². The van der Waals surface area contributed by atoms with Crippen LogP contribution in [0.1, 0.15) is 25.7 Å². The largest absolute Gasteiger partial charge is 0.316 e. The first-order chi connectivity index (χ1) is 6.66. The summed E-state index contributed by atoms with van der Waals surface area (Å²) >= 11 is 0. The molecule has 2 fully saturated rings. The molecule has 0 radical (unpaired) electrons. The Bertz CT molecular complexity index is 279. The van der Waals surface area contributed by atoms with Crippen LogP contribution in [0.25, 0.3) is 0 Å². The third-order valence-electron chi connectivity index (χ3n) is 3.02. The molecule has 0 aromatic heterocycles. The molecule has 1 aliphatic heterocycles. The Balaban J connectivity index is 1.81. The summed E-state index contributed by atoms with van der Waals surface area (Å²) < 4.78 is 26.1. The van der Waals surface area contributed by atoms with Crippen molar-refractivity contribution in [1.82, 2.24) is 10.0 Å². The molecule has 2 aliphatic rings. The molecule has 0 amide bonds. The van der Waals surface area contributed by atoms with Crippen LogP contribution in [-0.4, -0.2) is 33.3 Å². The molecule has 0 aromatic carbocycles. The lowest BCUT2D eigenvalue weighted by Gasteiger charge is -2.27. The molecular weight excluding hydrogens is 200 g/mol.